The molecule has 0 aliphatic carbocycles. The molecule has 0 saturated heterocycles. The van der Waals surface area contributed by atoms with Crippen LogP contribution in [0.25, 0.3) is 0 Å². The van der Waals surface area contributed by atoms with E-state index in [9.17, 15) is 0 Å². The number of thiazole rings is 1. The van der Waals surface area contributed by atoms with Crippen molar-refractivity contribution < 1.29 is 0 Å². The Balaban J connectivity index is 1.84. The van der Waals surface area contributed by atoms with E-state index in [-0.39, 0.29) is 0 Å². The van der Waals surface area contributed by atoms with Gasteiger partial charge in [0.15, 0.2) is 5.96 Å². The summed E-state index contributed by atoms with van der Waals surface area (Å²) in [6.07, 6.45) is 4.97. The van der Waals surface area contributed by atoms with Gasteiger partial charge in [-0.05, 0) is 39.3 Å². The highest BCUT2D eigenvalue weighted by molar-refractivity contribution is 7.12. The number of hydrogen-bond donors (Lipinski definition) is 2. The summed E-state index contributed by atoms with van der Waals surface area (Å²) in [4.78, 5) is 13.3. The van der Waals surface area contributed by atoms with Gasteiger partial charge in [0, 0.05) is 52.8 Å². The molecule has 2 rings (SSSR count). The third kappa shape index (κ3) is 6.24. The number of guanidine groups is 1. The van der Waals surface area contributed by atoms with Gasteiger partial charge in [0.25, 0.3) is 0 Å². The van der Waals surface area contributed by atoms with Crippen molar-refractivity contribution in [2.45, 2.75) is 53.0 Å². The smallest absolute Gasteiger partial charge is 0.191 e. The number of hydrogen-bond acceptors (Lipinski definition) is 4. The average molecular weight is 365 g/mol. The van der Waals surface area contributed by atoms with Crippen LogP contribution in [0.3, 0.4) is 0 Å². The van der Waals surface area contributed by atoms with E-state index in [0.717, 1.165) is 38.3 Å². The first kappa shape index (κ1) is 18.9. The SMILES string of the molecule is CCNC(=NCCc1ncc(CC)s1)NC(C)Cc1ccc(C)s1. The summed E-state index contributed by atoms with van der Waals surface area (Å²) in [6, 6.07) is 4.76. The second kappa shape index (κ2) is 9.79. The third-order valence-corrected chi connectivity index (χ3v) is 5.80. The Kier molecular flexibility index (Phi) is 7.72. The Morgan fingerprint density at radius 2 is 2.08 bits per heavy atom. The molecule has 0 saturated carbocycles. The van der Waals surface area contributed by atoms with Crippen molar-refractivity contribution in [3.05, 3.63) is 38.0 Å². The van der Waals surface area contributed by atoms with Gasteiger partial charge in [-0.1, -0.05) is 6.92 Å². The van der Waals surface area contributed by atoms with Crippen LogP contribution in [0.2, 0.25) is 0 Å². The van der Waals surface area contributed by atoms with E-state index < -0.39 is 0 Å². The standard InChI is InChI=1S/C18H28N4S2/c1-5-15-12-21-17(24-15)9-10-20-18(19-6-2)22-13(3)11-16-8-7-14(4)23-16/h7-8,12-13H,5-6,9-11H2,1-4H3,(H2,19,20,22). The number of aromatic nitrogens is 1. The van der Waals surface area contributed by atoms with Gasteiger partial charge in [-0.25, -0.2) is 4.98 Å². The summed E-state index contributed by atoms with van der Waals surface area (Å²) in [5.74, 6) is 0.894. The molecule has 2 aromatic heterocycles. The molecule has 2 aromatic rings. The highest BCUT2D eigenvalue weighted by Gasteiger charge is 2.08. The first-order chi connectivity index (χ1) is 11.6. The number of nitrogens with one attached hydrogen (secondary N) is 2. The van der Waals surface area contributed by atoms with E-state index in [0.29, 0.717) is 6.04 Å². The first-order valence-electron chi connectivity index (χ1n) is 8.64. The average Bonchev–Trinajstić information content (AvgIpc) is 3.16. The zero-order chi connectivity index (χ0) is 17.4. The molecule has 0 amide bonds. The second-order valence-electron chi connectivity index (χ2n) is 5.85. The minimum atomic E-state index is 0.354. The van der Waals surface area contributed by atoms with Crippen molar-refractivity contribution >= 4 is 28.6 Å². The molecule has 6 heteroatoms. The number of aryl methyl sites for hydroxylation is 2. The summed E-state index contributed by atoms with van der Waals surface area (Å²) in [6.45, 7) is 10.2. The topological polar surface area (TPSA) is 49.3 Å². The van der Waals surface area contributed by atoms with Crippen molar-refractivity contribution in [3.63, 3.8) is 0 Å². The minimum absolute atomic E-state index is 0.354. The molecule has 0 aliphatic heterocycles. The lowest BCUT2D eigenvalue weighted by Gasteiger charge is -2.17. The molecule has 132 valence electrons. The Morgan fingerprint density at radius 3 is 2.71 bits per heavy atom. The van der Waals surface area contributed by atoms with Crippen LogP contribution in [-0.4, -0.2) is 30.1 Å². The highest BCUT2D eigenvalue weighted by Crippen LogP contribution is 2.16. The van der Waals surface area contributed by atoms with E-state index in [4.69, 9.17) is 4.99 Å². The lowest BCUT2D eigenvalue weighted by atomic mass is 10.2. The van der Waals surface area contributed by atoms with E-state index in [1.807, 2.05) is 17.5 Å². The van der Waals surface area contributed by atoms with Crippen LogP contribution in [0.1, 0.15) is 40.4 Å². The largest absolute Gasteiger partial charge is 0.357 e. The van der Waals surface area contributed by atoms with Gasteiger partial charge in [0.2, 0.25) is 0 Å². The van der Waals surface area contributed by atoms with Crippen LogP contribution in [0.5, 0.6) is 0 Å². The fourth-order valence-corrected chi connectivity index (χ4v) is 4.26. The third-order valence-electron chi connectivity index (χ3n) is 3.58. The molecule has 0 aliphatic rings. The number of rotatable bonds is 8. The van der Waals surface area contributed by atoms with Crippen LogP contribution < -0.4 is 10.6 Å². The Bertz CT molecular complexity index is 645. The lowest BCUT2D eigenvalue weighted by molar-refractivity contribution is 0.645. The maximum Gasteiger partial charge on any atom is 0.191 e. The number of aliphatic imine (C=N–C) groups is 1. The lowest BCUT2D eigenvalue weighted by Crippen LogP contribution is -2.43. The van der Waals surface area contributed by atoms with Crippen LogP contribution in [0.15, 0.2) is 23.3 Å². The Hall–Kier alpha value is -1.40. The second-order valence-corrected chi connectivity index (χ2v) is 8.42. The summed E-state index contributed by atoms with van der Waals surface area (Å²) >= 11 is 3.66. The van der Waals surface area contributed by atoms with Crippen molar-refractivity contribution in [1.29, 1.82) is 0 Å². The monoisotopic (exact) mass is 364 g/mol. The molecule has 0 radical (unpaired) electrons. The summed E-state index contributed by atoms with van der Waals surface area (Å²) < 4.78 is 0. The van der Waals surface area contributed by atoms with Gasteiger partial charge >= 0.3 is 0 Å². The first-order valence-corrected chi connectivity index (χ1v) is 10.3. The van der Waals surface area contributed by atoms with E-state index >= 15 is 0 Å². The van der Waals surface area contributed by atoms with Gasteiger partial charge in [-0.2, -0.15) is 0 Å². The van der Waals surface area contributed by atoms with Crippen LogP contribution in [0.4, 0.5) is 0 Å². The molecule has 2 heterocycles. The van der Waals surface area contributed by atoms with Crippen molar-refractivity contribution in [2.75, 3.05) is 13.1 Å². The van der Waals surface area contributed by atoms with Crippen LogP contribution >= 0.6 is 22.7 Å². The van der Waals surface area contributed by atoms with Gasteiger partial charge in [-0.15, -0.1) is 22.7 Å². The fraction of sp³-hybridized carbons (Fsp3) is 0.556. The van der Waals surface area contributed by atoms with Crippen LogP contribution in [0, 0.1) is 6.92 Å². The molecule has 0 aromatic carbocycles. The molecule has 24 heavy (non-hydrogen) atoms. The molecular weight excluding hydrogens is 336 g/mol. The van der Waals surface area contributed by atoms with E-state index in [1.54, 1.807) is 11.3 Å². The minimum Gasteiger partial charge on any atom is -0.357 e. The molecule has 1 unspecified atom stereocenters. The molecule has 0 fully saturated rings. The zero-order valence-corrected chi connectivity index (χ0v) is 16.7. The molecule has 1 atom stereocenters. The van der Waals surface area contributed by atoms with Crippen molar-refractivity contribution in [2.24, 2.45) is 4.99 Å². The predicted molar refractivity (Wildman–Crippen MR) is 107 cm³/mol. The molecule has 0 bridgehead atoms. The van der Waals surface area contributed by atoms with Crippen LogP contribution in [-0.2, 0) is 19.3 Å². The van der Waals surface area contributed by atoms with E-state index in [2.05, 4.69) is 55.4 Å². The summed E-state index contributed by atoms with van der Waals surface area (Å²) in [7, 11) is 0. The number of nitrogens with zero attached hydrogens (tertiary/aromatic N) is 2. The zero-order valence-electron chi connectivity index (χ0n) is 15.1. The van der Waals surface area contributed by atoms with Gasteiger partial charge < -0.3 is 10.6 Å². The molecular formula is C18H28N4S2. The Morgan fingerprint density at radius 1 is 1.25 bits per heavy atom. The summed E-state index contributed by atoms with van der Waals surface area (Å²) in [5.41, 5.74) is 0. The quantitative estimate of drug-likeness (QED) is 0.553. The molecule has 0 spiro atoms. The maximum absolute atomic E-state index is 4.70. The maximum atomic E-state index is 4.70. The number of thiophene rings is 1. The Labute approximate surface area is 153 Å². The highest BCUT2D eigenvalue weighted by atomic mass is 32.1. The fourth-order valence-electron chi connectivity index (χ4n) is 2.39. The van der Waals surface area contributed by atoms with Crippen molar-refractivity contribution in [1.82, 2.24) is 15.6 Å². The van der Waals surface area contributed by atoms with Gasteiger partial charge in [0.1, 0.15) is 0 Å². The van der Waals surface area contributed by atoms with Gasteiger partial charge in [-0.3, -0.25) is 4.99 Å². The normalized spacial score (nSPS) is 13.1. The van der Waals surface area contributed by atoms with Gasteiger partial charge in [0.05, 0.1) is 5.01 Å². The molecule has 2 N–H and O–H groups in total. The van der Waals surface area contributed by atoms with E-state index in [1.165, 1.54) is 19.6 Å². The summed E-state index contributed by atoms with van der Waals surface area (Å²) in [5, 5.41) is 8.01. The molecule has 4 nitrogen and oxygen atoms in total. The van der Waals surface area contributed by atoms with Crippen molar-refractivity contribution in [3.8, 4) is 0 Å². The predicted octanol–water partition coefficient (Wildman–Crippen LogP) is 3.80.